The molecule has 3 nitrogen and oxygen atoms in total. The summed E-state index contributed by atoms with van der Waals surface area (Å²) in [5, 5.41) is 0. The molecule has 64 valence electrons. The average molecular weight is 157 g/mol. The lowest BCUT2D eigenvalue weighted by atomic mass is 10.2. The number of rotatable bonds is 0. The second-order valence-electron chi connectivity index (χ2n) is 3.58. The van der Waals surface area contributed by atoms with Crippen LogP contribution in [0.15, 0.2) is 0 Å². The Hall–Kier alpha value is -0.120. The predicted molar refractivity (Wildman–Crippen MR) is 41.6 cm³/mol. The van der Waals surface area contributed by atoms with Gasteiger partial charge in [-0.15, -0.1) is 0 Å². The maximum atomic E-state index is 5.71. The summed E-state index contributed by atoms with van der Waals surface area (Å²) in [5.74, 6) is 0. The molecule has 2 heterocycles. The smallest absolute Gasteiger partial charge is 0.0980 e. The van der Waals surface area contributed by atoms with Crippen molar-refractivity contribution in [3.8, 4) is 0 Å². The lowest BCUT2D eigenvalue weighted by Gasteiger charge is -2.29. The van der Waals surface area contributed by atoms with Crippen LogP contribution in [0.3, 0.4) is 0 Å². The van der Waals surface area contributed by atoms with E-state index in [2.05, 4.69) is 18.9 Å². The molecule has 3 heteroatoms. The number of fused-ring (bicyclic) bond motifs is 1. The highest BCUT2D eigenvalue weighted by atomic mass is 16.6. The van der Waals surface area contributed by atoms with Gasteiger partial charge in [-0.25, -0.2) is 0 Å². The number of likely N-dealkylation sites (tertiary alicyclic amines) is 1. The second-order valence-corrected chi connectivity index (χ2v) is 3.58. The summed E-state index contributed by atoms with van der Waals surface area (Å²) in [6, 6.07) is 0. The highest BCUT2D eigenvalue weighted by Gasteiger charge is 2.36. The van der Waals surface area contributed by atoms with Gasteiger partial charge in [-0.2, -0.15) is 0 Å². The fourth-order valence-corrected chi connectivity index (χ4v) is 1.81. The van der Waals surface area contributed by atoms with E-state index in [0.717, 1.165) is 19.7 Å². The minimum Gasteiger partial charge on any atom is -0.371 e. The Morgan fingerprint density at radius 3 is 2.82 bits per heavy atom. The SMILES string of the molecule is CC1COC2CN(C)CC2O1. The summed E-state index contributed by atoms with van der Waals surface area (Å²) in [5.41, 5.74) is 0. The highest BCUT2D eigenvalue weighted by molar-refractivity contribution is 4.87. The molecule has 3 unspecified atom stereocenters. The van der Waals surface area contributed by atoms with Gasteiger partial charge in [0.25, 0.3) is 0 Å². The number of ether oxygens (including phenoxy) is 2. The van der Waals surface area contributed by atoms with Crippen molar-refractivity contribution in [2.45, 2.75) is 25.2 Å². The van der Waals surface area contributed by atoms with Gasteiger partial charge < -0.3 is 14.4 Å². The van der Waals surface area contributed by atoms with Crippen molar-refractivity contribution < 1.29 is 9.47 Å². The number of hydrogen-bond donors (Lipinski definition) is 0. The lowest BCUT2D eigenvalue weighted by Crippen LogP contribution is -2.41. The van der Waals surface area contributed by atoms with Crippen molar-refractivity contribution in [1.82, 2.24) is 4.90 Å². The minimum absolute atomic E-state index is 0.280. The van der Waals surface area contributed by atoms with Crippen molar-refractivity contribution in [1.29, 1.82) is 0 Å². The Morgan fingerprint density at radius 2 is 2.00 bits per heavy atom. The molecule has 0 saturated carbocycles. The quantitative estimate of drug-likeness (QED) is 0.498. The van der Waals surface area contributed by atoms with Crippen LogP contribution < -0.4 is 0 Å². The van der Waals surface area contributed by atoms with E-state index in [1.807, 2.05) is 0 Å². The van der Waals surface area contributed by atoms with Crippen LogP contribution in [0.4, 0.5) is 0 Å². The van der Waals surface area contributed by atoms with E-state index < -0.39 is 0 Å². The molecule has 0 aliphatic carbocycles. The Balaban J connectivity index is 1.97. The van der Waals surface area contributed by atoms with Crippen LogP contribution in [-0.2, 0) is 9.47 Å². The highest BCUT2D eigenvalue weighted by Crippen LogP contribution is 2.21. The number of hydrogen-bond acceptors (Lipinski definition) is 3. The fourth-order valence-electron chi connectivity index (χ4n) is 1.81. The van der Waals surface area contributed by atoms with E-state index in [4.69, 9.17) is 9.47 Å². The second kappa shape index (κ2) is 2.73. The van der Waals surface area contributed by atoms with Gasteiger partial charge in [0.2, 0.25) is 0 Å². The van der Waals surface area contributed by atoms with Gasteiger partial charge in [0, 0.05) is 13.1 Å². The van der Waals surface area contributed by atoms with Gasteiger partial charge in [-0.3, -0.25) is 0 Å². The zero-order valence-corrected chi connectivity index (χ0v) is 7.12. The molecular weight excluding hydrogens is 142 g/mol. The molecule has 0 aromatic rings. The van der Waals surface area contributed by atoms with Crippen molar-refractivity contribution in [2.75, 3.05) is 26.7 Å². The van der Waals surface area contributed by atoms with Crippen molar-refractivity contribution in [3.63, 3.8) is 0 Å². The third kappa shape index (κ3) is 1.41. The molecule has 0 N–H and O–H groups in total. The summed E-state index contributed by atoms with van der Waals surface area (Å²) in [6.07, 6.45) is 0.933. The van der Waals surface area contributed by atoms with E-state index in [1.165, 1.54) is 0 Å². The first-order valence-corrected chi connectivity index (χ1v) is 4.21. The van der Waals surface area contributed by atoms with E-state index in [0.29, 0.717) is 12.2 Å². The molecule has 0 aromatic carbocycles. The number of nitrogens with zero attached hydrogens (tertiary/aromatic N) is 1. The zero-order valence-electron chi connectivity index (χ0n) is 7.12. The predicted octanol–water partition coefficient (Wildman–Crippen LogP) is 0.104. The van der Waals surface area contributed by atoms with Crippen molar-refractivity contribution >= 4 is 0 Å². The molecular formula is C8H15NO2. The molecule has 0 radical (unpaired) electrons. The lowest BCUT2D eigenvalue weighted by molar-refractivity contribution is -0.153. The molecule has 0 aromatic heterocycles. The molecule has 0 spiro atoms. The van der Waals surface area contributed by atoms with E-state index in [1.54, 1.807) is 0 Å². The van der Waals surface area contributed by atoms with Crippen LogP contribution in [0.2, 0.25) is 0 Å². The summed E-state index contributed by atoms with van der Waals surface area (Å²) < 4.78 is 11.3. The van der Waals surface area contributed by atoms with Crippen LogP contribution in [0.25, 0.3) is 0 Å². The summed E-state index contributed by atoms with van der Waals surface area (Å²) in [6.45, 7) is 4.87. The van der Waals surface area contributed by atoms with Gasteiger partial charge in [0.1, 0.15) is 0 Å². The monoisotopic (exact) mass is 157 g/mol. The van der Waals surface area contributed by atoms with Gasteiger partial charge in [-0.1, -0.05) is 0 Å². The number of likely N-dealkylation sites (N-methyl/N-ethyl adjacent to an activating group) is 1. The van der Waals surface area contributed by atoms with E-state index in [-0.39, 0.29) is 6.10 Å². The standard InChI is InChI=1S/C8H15NO2/c1-6-5-10-7-3-9(2)4-8(7)11-6/h6-8H,3-5H2,1-2H3. The normalized spacial score (nSPS) is 45.8. The van der Waals surface area contributed by atoms with Crippen LogP contribution >= 0.6 is 0 Å². The summed E-state index contributed by atoms with van der Waals surface area (Å²) in [7, 11) is 2.11. The summed E-state index contributed by atoms with van der Waals surface area (Å²) >= 11 is 0. The molecule has 2 aliphatic heterocycles. The Kier molecular flexibility index (Phi) is 1.87. The molecule has 2 fully saturated rings. The van der Waals surface area contributed by atoms with Gasteiger partial charge in [0.15, 0.2) is 0 Å². The van der Waals surface area contributed by atoms with Crippen LogP contribution in [0.1, 0.15) is 6.92 Å². The molecule has 3 atom stereocenters. The van der Waals surface area contributed by atoms with Gasteiger partial charge in [-0.05, 0) is 14.0 Å². The van der Waals surface area contributed by atoms with Crippen LogP contribution in [-0.4, -0.2) is 50.0 Å². The average Bonchev–Trinajstić information content (AvgIpc) is 2.27. The molecule has 2 aliphatic rings. The van der Waals surface area contributed by atoms with Crippen LogP contribution in [0.5, 0.6) is 0 Å². The Labute approximate surface area is 67.3 Å². The fraction of sp³-hybridized carbons (Fsp3) is 1.00. The summed E-state index contributed by atoms with van der Waals surface area (Å²) in [4.78, 5) is 2.26. The largest absolute Gasteiger partial charge is 0.371 e. The molecule has 2 rings (SSSR count). The molecule has 0 amide bonds. The van der Waals surface area contributed by atoms with E-state index in [9.17, 15) is 0 Å². The zero-order chi connectivity index (χ0) is 7.84. The van der Waals surface area contributed by atoms with E-state index >= 15 is 0 Å². The Bertz CT molecular complexity index is 151. The molecule has 11 heavy (non-hydrogen) atoms. The first kappa shape index (κ1) is 7.53. The third-order valence-electron chi connectivity index (χ3n) is 2.35. The van der Waals surface area contributed by atoms with Gasteiger partial charge in [0.05, 0.1) is 24.9 Å². The maximum absolute atomic E-state index is 5.71. The minimum atomic E-state index is 0.280. The first-order valence-electron chi connectivity index (χ1n) is 4.21. The maximum Gasteiger partial charge on any atom is 0.0980 e. The van der Waals surface area contributed by atoms with Crippen molar-refractivity contribution in [2.24, 2.45) is 0 Å². The Morgan fingerprint density at radius 1 is 1.27 bits per heavy atom. The third-order valence-corrected chi connectivity index (χ3v) is 2.35. The van der Waals surface area contributed by atoms with Crippen LogP contribution in [0, 0.1) is 0 Å². The first-order chi connectivity index (χ1) is 5.25. The molecule has 0 bridgehead atoms. The van der Waals surface area contributed by atoms with Crippen molar-refractivity contribution in [3.05, 3.63) is 0 Å². The van der Waals surface area contributed by atoms with Gasteiger partial charge >= 0.3 is 0 Å². The molecule has 2 saturated heterocycles. The topological polar surface area (TPSA) is 21.7 Å².